The molecule has 9 heterocycles. The van der Waals surface area contributed by atoms with Gasteiger partial charge in [0.05, 0.1) is 76.8 Å². The minimum Gasteiger partial charge on any atom is -0.467 e. The molecule has 0 saturated carbocycles. The Morgan fingerprint density at radius 2 is 1.04 bits per heavy atom. The van der Waals surface area contributed by atoms with Crippen LogP contribution in [0.25, 0.3) is 33.5 Å². The van der Waals surface area contributed by atoms with E-state index in [2.05, 4.69) is 65.9 Å². The van der Waals surface area contributed by atoms with E-state index in [1.165, 1.54) is 68.4 Å². The molecule has 1 aromatic carbocycles. The Labute approximate surface area is 518 Å². The molecule has 14 atom stereocenters. The molecular weight excluding hydrogens is 1280 g/mol. The van der Waals surface area contributed by atoms with Gasteiger partial charge in [-0.3, -0.25) is 23.0 Å². The van der Waals surface area contributed by atoms with Crippen molar-refractivity contribution in [3.05, 3.63) is 55.4 Å². The highest BCUT2D eigenvalue weighted by Gasteiger charge is 2.59. The van der Waals surface area contributed by atoms with Crippen molar-refractivity contribution in [1.82, 2.24) is 63.6 Å². The number of alkyl halides is 6. The number of benzene rings is 1. The van der Waals surface area contributed by atoms with Gasteiger partial charge in [0.25, 0.3) is 0 Å². The number of carbonyl (C=O) groups excluding carboxylic acids is 1. The van der Waals surface area contributed by atoms with Gasteiger partial charge in [0.1, 0.15) is 46.9 Å². The van der Waals surface area contributed by atoms with Gasteiger partial charge in [-0.15, -0.1) is 34.8 Å². The van der Waals surface area contributed by atoms with E-state index in [1.807, 2.05) is 0 Å². The zero-order chi connectivity index (χ0) is 64.9. The van der Waals surface area contributed by atoms with E-state index in [9.17, 15) is 48.1 Å². The van der Waals surface area contributed by atoms with Crippen molar-refractivity contribution in [3.8, 4) is 17.8 Å². The second-order valence-corrected chi connectivity index (χ2v) is 22.8. The molecule has 3 saturated heterocycles. The standard InChI is InChI=1S/C25H33ClFN6O8P.C13H17ClFN5O4.C12H14ClF2N5O3/c1-14(2)39-23(35)15(3)32-42(36,41-16-9-7-6-8-10-16)38-12-25(11-26)19(34)17(27)22(40-25)33-13-29-18-20(28-4)30-24(37-5)31-21(18)33;1-16-9-7-10(19-12(18-9)23-2)20(5-17-7)11-6(15)8(22)13(3-14,4-21)24-11;1-16-8-6-9(19-11(15)18-8)20(4-17-6)10-5(14)7(22)12(2-13,3-21)23-10/h6-10,13-15,17,19,22,34H,11-12H2,1-5H3,(H,32,36)(H,28,30,31);5-6,8,11,21-22H,3-4H2,1-2H3,(H,16,18,19);4-5,7,10,21-22H,2-3H2,1H3,(H,16,18,19)/t15-,17+,19-,22+,25+,42-;6-,8+,11-,13-;5-,7+,10-,12-/m011/s1. The SMILES string of the molecule is CNc1nc(F)nc2c1ncn2[C@@H]1O[C@@](CO)(CCl)[C@@H](O)[C@H]1F.CNc1nc(OC)nc2c1ncn2[C@@H]1O[C@@](CO)(CCl)[C@@H](O)[C@H]1F.CNc1nc(OC)nc2c1ncn2[C@@H]1O[C@](CCl)(CO[P@@](=O)(N[C@@H](C)C(=O)OC(C)C)Oc2ccccc2)[C@@H](O)[C@H]1F. The molecule has 6 aromatic heterocycles. The van der Waals surface area contributed by atoms with Gasteiger partial charge in [-0.2, -0.15) is 39.4 Å². The highest BCUT2D eigenvalue weighted by Crippen LogP contribution is 2.50. The molecule has 7 aromatic rings. The number of halogens is 7. The summed E-state index contributed by atoms with van der Waals surface area (Å²) in [5.41, 5.74) is -3.83. The maximum Gasteiger partial charge on any atom is 0.459 e. The van der Waals surface area contributed by atoms with Crippen LogP contribution in [0.5, 0.6) is 17.8 Å². The summed E-state index contributed by atoms with van der Waals surface area (Å²) in [4.78, 5) is 48.7. The lowest BCUT2D eigenvalue weighted by Crippen LogP contribution is -2.48. The molecule has 488 valence electrons. The van der Waals surface area contributed by atoms with E-state index in [1.54, 1.807) is 46.1 Å². The Hall–Kier alpha value is -6.44. The molecule has 0 radical (unpaired) electrons. The van der Waals surface area contributed by atoms with Crippen molar-refractivity contribution < 1.29 is 89.9 Å². The number of anilines is 3. The third kappa shape index (κ3) is 13.5. The maximum atomic E-state index is 15.7. The summed E-state index contributed by atoms with van der Waals surface area (Å²) >= 11 is 17.7. The summed E-state index contributed by atoms with van der Waals surface area (Å²) in [6.45, 7) is 2.76. The molecule has 0 spiro atoms. The van der Waals surface area contributed by atoms with Crippen LogP contribution in [-0.2, 0) is 32.8 Å². The number of esters is 1. The Bertz CT molecular complexity index is 3610. The van der Waals surface area contributed by atoms with Crippen LogP contribution in [0.15, 0.2) is 49.3 Å². The lowest BCUT2D eigenvalue weighted by molar-refractivity contribution is -0.149. The van der Waals surface area contributed by atoms with Crippen molar-refractivity contribution in [3.63, 3.8) is 0 Å². The van der Waals surface area contributed by atoms with Crippen LogP contribution in [0, 0.1) is 6.08 Å². The second-order valence-electron chi connectivity index (χ2n) is 20.3. The number of aliphatic hydroxyl groups excluding tert-OH is 5. The molecule has 10 rings (SSSR count). The van der Waals surface area contributed by atoms with E-state index in [-0.39, 0.29) is 57.8 Å². The average molecular weight is 1340 g/mol. The first-order chi connectivity index (χ1) is 42.4. The number of fused-ring (bicyclic) bond motifs is 3. The number of hydrogen-bond donors (Lipinski definition) is 9. The summed E-state index contributed by atoms with van der Waals surface area (Å²) in [6, 6.07) is 7.00. The first-order valence-electron chi connectivity index (χ1n) is 26.8. The van der Waals surface area contributed by atoms with E-state index in [0.29, 0.717) is 22.7 Å². The molecule has 3 aliphatic heterocycles. The molecular formula is C50H64Cl3F4N16O15P. The molecule has 0 amide bonds. The zero-order valence-electron chi connectivity index (χ0n) is 48.5. The first kappa shape index (κ1) is 68.5. The third-order valence-electron chi connectivity index (χ3n) is 14.2. The van der Waals surface area contributed by atoms with Crippen LogP contribution in [0.4, 0.5) is 35.0 Å². The van der Waals surface area contributed by atoms with Crippen LogP contribution in [-0.4, -0.2) is 229 Å². The highest BCUT2D eigenvalue weighted by atomic mass is 35.5. The van der Waals surface area contributed by atoms with Gasteiger partial charge in [-0.1, -0.05) is 18.2 Å². The second kappa shape index (κ2) is 28.4. The summed E-state index contributed by atoms with van der Waals surface area (Å²) in [5, 5.41) is 60.9. The van der Waals surface area contributed by atoms with E-state index in [0.717, 1.165) is 4.57 Å². The molecule has 0 unspecified atom stereocenters. The summed E-state index contributed by atoms with van der Waals surface area (Å²) < 4.78 is 120. The number of ether oxygens (including phenoxy) is 6. The maximum absolute atomic E-state index is 15.7. The molecule has 39 heteroatoms. The van der Waals surface area contributed by atoms with Crippen LogP contribution >= 0.6 is 42.5 Å². The zero-order valence-corrected chi connectivity index (χ0v) is 51.7. The normalized spacial score (nSPS) is 27.6. The molecule has 0 bridgehead atoms. The Balaban J connectivity index is 0.000000185. The lowest BCUT2D eigenvalue weighted by atomic mass is 9.99. The summed E-state index contributed by atoms with van der Waals surface area (Å²) in [6.07, 6.45) is -12.6. The first-order valence-corrected chi connectivity index (χ1v) is 30.0. The van der Waals surface area contributed by atoms with Crippen molar-refractivity contribution in [2.75, 3.05) is 88.8 Å². The monoisotopic (exact) mass is 1340 g/mol. The van der Waals surface area contributed by atoms with Crippen molar-refractivity contribution in [1.29, 1.82) is 0 Å². The smallest absolute Gasteiger partial charge is 0.459 e. The van der Waals surface area contributed by atoms with Gasteiger partial charge in [0, 0.05) is 21.1 Å². The van der Waals surface area contributed by atoms with E-state index >= 15 is 4.39 Å². The van der Waals surface area contributed by atoms with Crippen LogP contribution < -0.4 is 35.0 Å². The van der Waals surface area contributed by atoms with Crippen molar-refractivity contribution in [2.24, 2.45) is 0 Å². The number of hydrogen-bond acceptors (Lipinski definition) is 27. The molecule has 89 heavy (non-hydrogen) atoms. The number of para-hydroxylation sites is 1. The van der Waals surface area contributed by atoms with E-state index < -0.39 is 130 Å². The Morgan fingerprint density at radius 3 is 1.42 bits per heavy atom. The van der Waals surface area contributed by atoms with Crippen LogP contribution in [0.1, 0.15) is 39.5 Å². The van der Waals surface area contributed by atoms with Crippen LogP contribution in [0.3, 0.4) is 0 Å². The largest absolute Gasteiger partial charge is 0.467 e. The minimum absolute atomic E-state index is 0.00925. The van der Waals surface area contributed by atoms with Crippen LogP contribution in [0.2, 0.25) is 0 Å². The number of imidazole rings is 3. The molecule has 9 N–H and O–H groups in total. The number of aromatic nitrogens is 12. The average Bonchev–Trinajstić information content (AvgIpc) is 1.65. The highest BCUT2D eigenvalue weighted by molar-refractivity contribution is 7.52. The quantitative estimate of drug-likeness (QED) is 0.0154. The van der Waals surface area contributed by atoms with Crippen molar-refractivity contribution >= 4 is 99.5 Å². The topological polar surface area (TPSA) is 388 Å². The molecule has 3 fully saturated rings. The fourth-order valence-electron chi connectivity index (χ4n) is 9.41. The number of nitrogens with one attached hydrogen (secondary N) is 4. The number of carbonyl (C=O) groups is 1. The number of rotatable bonds is 22. The predicted octanol–water partition coefficient (Wildman–Crippen LogP) is 3.49. The lowest BCUT2D eigenvalue weighted by Gasteiger charge is -2.31. The van der Waals surface area contributed by atoms with Gasteiger partial charge >= 0.3 is 31.8 Å². The van der Waals surface area contributed by atoms with Gasteiger partial charge in [0.2, 0.25) is 0 Å². The fraction of sp³-hybridized carbons (Fsp3) is 0.560. The molecule has 31 nitrogen and oxygen atoms in total. The van der Waals surface area contributed by atoms with Gasteiger partial charge in [0.15, 0.2) is 88.1 Å². The van der Waals surface area contributed by atoms with Crippen molar-refractivity contribution in [2.45, 2.75) is 105 Å². The number of aliphatic hydroxyl groups is 5. The fourth-order valence-corrected chi connectivity index (χ4v) is 11.9. The minimum atomic E-state index is -4.38. The van der Waals surface area contributed by atoms with E-state index in [4.69, 9.17) is 72.3 Å². The molecule has 0 aliphatic carbocycles. The summed E-state index contributed by atoms with van der Waals surface area (Å²) in [7, 11) is 3.20. The van der Waals surface area contributed by atoms with Gasteiger partial charge in [-0.25, -0.2) is 32.7 Å². The molecule has 3 aliphatic rings. The predicted molar refractivity (Wildman–Crippen MR) is 310 cm³/mol. The Kier molecular flexibility index (Phi) is 21.8. The Morgan fingerprint density at radius 1 is 0.652 bits per heavy atom. The van der Waals surface area contributed by atoms with Gasteiger partial charge < -0.3 is 74.4 Å². The third-order valence-corrected chi connectivity index (χ3v) is 17.2. The summed E-state index contributed by atoms with van der Waals surface area (Å²) in [5.74, 6) is -0.746. The number of methoxy groups -OCH3 is 2. The van der Waals surface area contributed by atoms with Gasteiger partial charge in [-0.05, 0) is 32.9 Å². The number of nitrogens with zero attached hydrogens (tertiary/aromatic N) is 12.